The summed E-state index contributed by atoms with van der Waals surface area (Å²) >= 11 is 0. The van der Waals surface area contributed by atoms with Crippen LogP contribution in [0.2, 0.25) is 0 Å². The predicted molar refractivity (Wildman–Crippen MR) is 166 cm³/mol. The third-order valence-electron chi connectivity index (χ3n) is 6.88. The van der Waals surface area contributed by atoms with Gasteiger partial charge in [0.1, 0.15) is 12.6 Å². The van der Waals surface area contributed by atoms with Crippen LogP contribution in [0.25, 0.3) is 0 Å². The number of amides is 2. The Kier molecular flexibility index (Phi) is 10.4. The number of aryl methyl sites for hydroxylation is 1. The van der Waals surface area contributed by atoms with Gasteiger partial charge in [0.25, 0.3) is 0 Å². The molecular formula is C33H43N3O4S. The molecule has 0 spiro atoms. The van der Waals surface area contributed by atoms with E-state index in [9.17, 15) is 18.0 Å². The van der Waals surface area contributed by atoms with Crippen molar-refractivity contribution in [3.8, 4) is 0 Å². The van der Waals surface area contributed by atoms with E-state index >= 15 is 0 Å². The van der Waals surface area contributed by atoms with Crippen LogP contribution >= 0.6 is 0 Å². The molecule has 8 heteroatoms. The van der Waals surface area contributed by atoms with Crippen molar-refractivity contribution in [3.05, 3.63) is 101 Å². The minimum atomic E-state index is -3.81. The fourth-order valence-electron chi connectivity index (χ4n) is 4.57. The maximum atomic E-state index is 14.1. The van der Waals surface area contributed by atoms with Crippen molar-refractivity contribution in [2.24, 2.45) is 0 Å². The summed E-state index contributed by atoms with van der Waals surface area (Å²) in [5.41, 5.74) is 4.16. The Morgan fingerprint density at radius 2 is 1.44 bits per heavy atom. The van der Waals surface area contributed by atoms with E-state index in [1.165, 1.54) is 4.90 Å². The number of nitrogens with zero attached hydrogens (tertiary/aromatic N) is 2. The number of hydrogen-bond acceptors (Lipinski definition) is 4. The SMILES string of the molecule is Cc1ccc(CN(C(=O)CN(c2ccc(C(C)(C)C)cc2)S(C)(=O)=O)[C@@H](Cc2ccccc2)C(=O)NC(C)C)cc1. The van der Waals surface area contributed by atoms with E-state index in [4.69, 9.17) is 0 Å². The highest BCUT2D eigenvalue weighted by atomic mass is 32.2. The van der Waals surface area contributed by atoms with Crippen molar-refractivity contribution in [3.63, 3.8) is 0 Å². The van der Waals surface area contributed by atoms with Crippen LogP contribution in [-0.4, -0.2) is 50.0 Å². The van der Waals surface area contributed by atoms with E-state index in [2.05, 4.69) is 26.1 Å². The minimum absolute atomic E-state index is 0.108. The molecule has 0 saturated heterocycles. The highest BCUT2D eigenvalue weighted by Crippen LogP contribution is 2.26. The maximum absolute atomic E-state index is 14.1. The first kappa shape index (κ1) is 31.9. The molecule has 1 N–H and O–H groups in total. The fraction of sp³-hybridized carbons (Fsp3) is 0.394. The lowest BCUT2D eigenvalue weighted by Crippen LogP contribution is -2.54. The molecule has 2 amide bonds. The van der Waals surface area contributed by atoms with Crippen molar-refractivity contribution >= 4 is 27.5 Å². The molecule has 0 aliphatic carbocycles. The molecule has 0 radical (unpaired) electrons. The van der Waals surface area contributed by atoms with E-state index in [0.717, 1.165) is 32.8 Å². The van der Waals surface area contributed by atoms with Gasteiger partial charge in [-0.25, -0.2) is 8.42 Å². The molecule has 7 nitrogen and oxygen atoms in total. The third-order valence-corrected chi connectivity index (χ3v) is 8.02. The largest absolute Gasteiger partial charge is 0.352 e. The summed E-state index contributed by atoms with van der Waals surface area (Å²) in [6.07, 6.45) is 1.38. The summed E-state index contributed by atoms with van der Waals surface area (Å²) in [6, 6.07) is 23.5. The number of hydrogen-bond donors (Lipinski definition) is 1. The van der Waals surface area contributed by atoms with Crippen molar-refractivity contribution in [2.75, 3.05) is 17.1 Å². The lowest BCUT2D eigenvalue weighted by molar-refractivity contribution is -0.140. The second-order valence-electron chi connectivity index (χ2n) is 11.9. The monoisotopic (exact) mass is 577 g/mol. The molecule has 0 aliphatic heterocycles. The summed E-state index contributed by atoms with van der Waals surface area (Å²) in [4.78, 5) is 29.2. The Morgan fingerprint density at radius 1 is 0.854 bits per heavy atom. The third kappa shape index (κ3) is 9.18. The molecule has 0 fully saturated rings. The predicted octanol–water partition coefficient (Wildman–Crippen LogP) is 5.22. The van der Waals surface area contributed by atoms with Crippen molar-refractivity contribution in [1.29, 1.82) is 0 Å². The average Bonchev–Trinajstić information content (AvgIpc) is 2.89. The smallest absolute Gasteiger partial charge is 0.244 e. The number of rotatable bonds is 11. The molecule has 0 aromatic heterocycles. The highest BCUT2D eigenvalue weighted by Gasteiger charge is 2.33. The van der Waals surface area contributed by atoms with Crippen LogP contribution in [0.1, 0.15) is 56.9 Å². The molecule has 0 saturated carbocycles. The van der Waals surface area contributed by atoms with Crippen LogP contribution in [0.5, 0.6) is 0 Å². The van der Waals surface area contributed by atoms with E-state index in [1.807, 2.05) is 87.5 Å². The molecule has 220 valence electrons. The van der Waals surface area contributed by atoms with Gasteiger partial charge in [0.15, 0.2) is 0 Å². The van der Waals surface area contributed by atoms with Gasteiger partial charge in [-0.3, -0.25) is 13.9 Å². The topological polar surface area (TPSA) is 86.8 Å². The van der Waals surface area contributed by atoms with Gasteiger partial charge in [-0.2, -0.15) is 0 Å². The molecule has 1 atom stereocenters. The molecule has 3 rings (SSSR count). The minimum Gasteiger partial charge on any atom is -0.352 e. The van der Waals surface area contributed by atoms with Crippen molar-refractivity contribution in [2.45, 2.75) is 72.0 Å². The van der Waals surface area contributed by atoms with Crippen molar-refractivity contribution in [1.82, 2.24) is 10.2 Å². The Bertz CT molecular complexity index is 1410. The van der Waals surface area contributed by atoms with Gasteiger partial charge in [-0.1, -0.05) is 93.1 Å². The van der Waals surface area contributed by atoms with Crippen LogP contribution in [0.15, 0.2) is 78.9 Å². The Hall–Kier alpha value is -3.65. The van der Waals surface area contributed by atoms with Gasteiger partial charge in [0.05, 0.1) is 11.9 Å². The first-order chi connectivity index (χ1) is 19.1. The first-order valence-corrected chi connectivity index (χ1v) is 15.8. The Morgan fingerprint density at radius 3 is 1.95 bits per heavy atom. The van der Waals surface area contributed by atoms with Crippen LogP contribution in [0, 0.1) is 6.92 Å². The first-order valence-electron chi connectivity index (χ1n) is 13.9. The second-order valence-corrected chi connectivity index (χ2v) is 13.8. The molecule has 0 bridgehead atoms. The van der Waals surface area contributed by atoms with Crippen LogP contribution < -0.4 is 9.62 Å². The van der Waals surface area contributed by atoms with Crippen LogP contribution in [-0.2, 0) is 38.0 Å². The van der Waals surface area contributed by atoms with E-state index in [-0.39, 0.29) is 30.3 Å². The lowest BCUT2D eigenvalue weighted by atomic mass is 9.87. The Labute approximate surface area is 245 Å². The number of carbonyl (C=O) groups is 2. The van der Waals surface area contributed by atoms with Gasteiger partial charge in [-0.05, 0) is 55.0 Å². The highest BCUT2D eigenvalue weighted by molar-refractivity contribution is 7.92. The quantitative estimate of drug-likeness (QED) is 0.338. The maximum Gasteiger partial charge on any atom is 0.244 e. The normalized spacial score (nSPS) is 12.6. The number of anilines is 1. The number of carbonyl (C=O) groups excluding carboxylic acids is 2. The number of benzene rings is 3. The number of nitrogens with one attached hydrogen (secondary N) is 1. The van der Waals surface area contributed by atoms with Gasteiger partial charge >= 0.3 is 0 Å². The van der Waals surface area contributed by atoms with Crippen LogP contribution in [0.3, 0.4) is 0 Å². The van der Waals surface area contributed by atoms with Gasteiger partial charge < -0.3 is 10.2 Å². The molecule has 41 heavy (non-hydrogen) atoms. The van der Waals surface area contributed by atoms with E-state index in [1.54, 1.807) is 12.1 Å². The summed E-state index contributed by atoms with van der Waals surface area (Å²) in [7, 11) is -3.81. The van der Waals surface area contributed by atoms with Crippen LogP contribution in [0.4, 0.5) is 5.69 Å². The van der Waals surface area contributed by atoms with Gasteiger partial charge in [0, 0.05) is 19.0 Å². The zero-order valence-corrected chi connectivity index (χ0v) is 26.0. The summed E-state index contributed by atoms with van der Waals surface area (Å²) in [5.74, 6) is -0.750. The molecule has 3 aromatic rings. The molecule has 0 aliphatic rings. The summed E-state index contributed by atoms with van der Waals surface area (Å²) in [6.45, 7) is 11.7. The van der Waals surface area contributed by atoms with Gasteiger partial charge in [-0.15, -0.1) is 0 Å². The summed E-state index contributed by atoms with van der Waals surface area (Å²) in [5, 5.41) is 2.96. The number of sulfonamides is 1. The Balaban J connectivity index is 2.04. The van der Waals surface area contributed by atoms with Gasteiger partial charge in [0.2, 0.25) is 21.8 Å². The van der Waals surface area contributed by atoms with E-state index in [0.29, 0.717) is 5.69 Å². The summed E-state index contributed by atoms with van der Waals surface area (Å²) < 4.78 is 27.1. The standard InChI is InChI=1S/C33H43N3O4S/c1-24(2)34-32(38)30(21-26-11-9-8-10-12-26)35(22-27-15-13-25(3)14-16-27)31(37)23-36(41(7,39)40)29-19-17-28(18-20-29)33(4,5)6/h8-20,24,30H,21-23H2,1-7H3,(H,34,38)/t30-/m0/s1. The molecule has 0 unspecified atom stereocenters. The zero-order valence-electron chi connectivity index (χ0n) is 25.2. The van der Waals surface area contributed by atoms with Crippen molar-refractivity contribution < 1.29 is 18.0 Å². The molecular weight excluding hydrogens is 534 g/mol. The fourth-order valence-corrected chi connectivity index (χ4v) is 5.42. The molecule has 3 aromatic carbocycles. The lowest BCUT2D eigenvalue weighted by Gasteiger charge is -2.34. The zero-order chi connectivity index (χ0) is 30.4. The second kappa shape index (κ2) is 13.3. The van der Waals surface area contributed by atoms with E-state index < -0.39 is 28.5 Å². The average molecular weight is 578 g/mol. The molecule has 0 heterocycles.